The van der Waals surface area contributed by atoms with Crippen LogP contribution in [0.1, 0.15) is 5.56 Å². The molecule has 0 aliphatic carbocycles. The van der Waals surface area contributed by atoms with E-state index in [1.54, 1.807) is 23.5 Å². The second-order valence-electron chi connectivity index (χ2n) is 4.44. The van der Waals surface area contributed by atoms with Gasteiger partial charge in [-0.1, -0.05) is 0 Å². The minimum atomic E-state index is -4.52. The molecule has 0 fully saturated rings. The van der Waals surface area contributed by atoms with Crippen LogP contribution in [0.5, 0.6) is 11.5 Å². The highest BCUT2D eigenvalue weighted by atomic mass is 19.4. The summed E-state index contributed by atoms with van der Waals surface area (Å²) in [5.74, 6) is -0.916. The summed E-state index contributed by atoms with van der Waals surface area (Å²) >= 11 is 0. The third-order valence-electron chi connectivity index (χ3n) is 2.67. The van der Waals surface area contributed by atoms with Crippen molar-refractivity contribution in [3.8, 4) is 11.5 Å². The zero-order chi connectivity index (χ0) is 18.2. The predicted molar refractivity (Wildman–Crippen MR) is 78.6 cm³/mol. The summed E-state index contributed by atoms with van der Waals surface area (Å²) in [5, 5.41) is 1.58. The normalized spacial score (nSPS) is 11.2. The molecule has 0 saturated heterocycles. The molecule has 24 heavy (non-hydrogen) atoms. The standard InChI is InChI=1S/C15H16F3NO5/c1-22-11-5-3-10(12(7-11)23-2)4-6-14(21)24-8-13(20)19-9-15(16,17)18/h3-7H,8-9H2,1-2H3,(H,19,20)/b6-4+. The second-order valence-corrected chi connectivity index (χ2v) is 4.44. The van der Waals surface area contributed by atoms with E-state index in [0.717, 1.165) is 6.08 Å². The van der Waals surface area contributed by atoms with Crippen LogP contribution in [-0.4, -0.2) is 45.4 Å². The highest BCUT2D eigenvalue weighted by molar-refractivity contribution is 5.89. The van der Waals surface area contributed by atoms with Gasteiger partial charge in [0.1, 0.15) is 18.0 Å². The van der Waals surface area contributed by atoms with E-state index in [1.807, 2.05) is 0 Å². The molecule has 0 bridgehead atoms. The van der Waals surface area contributed by atoms with Crippen LogP contribution in [0.15, 0.2) is 24.3 Å². The lowest BCUT2D eigenvalue weighted by atomic mass is 10.2. The predicted octanol–water partition coefficient (Wildman–Crippen LogP) is 1.94. The molecule has 0 atom stereocenters. The number of hydrogen-bond donors (Lipinski definition) is 1. The summed E-state index contributed by atoms with van der Waals surface area (Å²) in [5.41, 5.74) is 0.553. The molecule has 1 N–H and O–H groups in total. The topological polar surface area (TPSA) is 73.9 Å². The number of halogens is 3. The number of methoxy groups -OCH3 is 2. The molecule has 132 valence electrons. The quantitative estimate of drug-likeness (QED) is 0.603. The van der Waals surface area contributed by atoms with Crippen molar-refractivity contribution in [3.05, 3.63) is 29.8 Å². The van der Waals surface area contributed by atoms with Gasteiger partial charge in [0.2, 0.25) is 0 Å². The van der Waals surface area contributed by atoms with Gasteiger partial charge in [0.25, 0.3) is 5.91 Å². The van der Waals surface area contributed by atoms with Crippen molar-refractivity contribution in [3.63, 3.8) is 0 Å². The molecule has 0 saturated carbocycles. The summed E-state index contributed by atoms with van der Waals surface area (Å²) in [6.45, 7) is -2.29. The minimum Gasteiger partial charge on any atom is -0.497 e. The van der Waals surface area contributed by atoms with E-state index in [0.29, 0.717) is 17.1 Å². The molecule has 0 aromatic heterocycles. The van der Waals surface area contributed by atoms with Crippen LogP contribution in [0.2, 0.25) is 0 Å². The Morgan fingerprint density at radius 1 is 1.21 bits per heavy atom. The number of esters is 1. The highest BCUT2D eigenvalue weighted by Gasteiger charge is 2.27. The molecule has 0 spiro atoms. The maximum Gasteiger partial charge on any atom is 0.405 e. The number of alkyl halides is 3. The Bertz CT molecular complexity index is 614. The Kier molecular flexibility index (Phi) is 7.09. The summed E-state index contributed by atoms with van der Waals surface area (Å²) in [6.07, 6.45) is -2.11. The van der Waals surface area contributed by atoms with Crippen LogP contribution >= 0.6 is 0 Å². The fourth-order valence-corrected chi connectivity index (χ4v) is 1.55. The Morgan fingerprint density at radius 2 is 1.92 bits per heavy atom. The molecule has 1 amide bonds. The van der Waals surface area contributed by atoms with E-state index in [-0.39, 0.29) is 0 Å². The van der Waals surface area contributed by atoms with E-state index in [2.05, 4.69) is 4.74 Å². The smallest absolute Gasteiger partial charge is 0.405 e. The minimum absolute atomic E-state index is 0.446. The second kappa shape index (κ2) is 8.80. The van der Waals surface area contributed by atoms with Crippen molar-refractivity contribution in [2.45, 2.75) is 6.18 Å². The molecule has 0 aliphatic heterocycles. The lowest BCUT2D eigenvalue weighted by Crippen LogP contribution is -2.36. The van der Waals surface area contributed by atoms with Crippen molar-refractivity contribution in [2.75, 3.05) is 27.4 Å². The van der Waals surface area contributed by atoms with Crippen LogP contribution in [-0.2, 0) is 14.3 Å². The van der Waals surface area contributed by atoms with E-state index in [1.165, 1.54) is 20.3 Å². The van der Waals surface area contributed by atoms with Crippen molar-refractivity contribution in [2.24, 2.45) is 0 Å². The first-order valence-corrected chi connectivity index (χ1v) is 6.65. The Morgan fingerprint density at radius 3 is 2.50 bits per heavy atom. The maximum atomic E-state index is 11.9. The summed E-state index contributed by atoms with van der Waals surface area (Å²) in [6, 6.07) is 4.89. The van der Waals surface area contributed by atoms with E-state index in [4.69, 9.17) is 9.47 Å². The van der Waals surface area contributed by atoms with Gasteiger partial charge in [0.15, 0.2) is 6.61 Å². The first-order chi connectivity index (χ1) is 11.2. The molecule has 1 rings (SSSR count). The van der Waals surface area contributed by atoms with Crippen molar-refractivity contribution >= 4 is 18.0 Å². The van der Waals surface area contributed by atoms with Crippen LogP contribution < -0.4 is 14.8 Å². The monoisotopic (exact) mass is 347 g/mol. The molecule has 1 aromatic rings. The Hall–Kier alpha value is -2.71. The number of rotatable bonds is 7. The zero-order valence-corrected chi connectivity index (χ0v) is 13.0. The first kappa shape index (κ1) is 19.3. The highest BCUT2D eigenvalue weighted by Crippen LogP contribution is 2.25. The van der Waals surface area contributed by atoms with Gasteiger partial charge in [-0.15, -0.1) is 0 Å². The number of carbonyl (C=O) groups is 2. The molecule has 0 unspecified atom stereocenters. The molecular weight excluding hydrogens is 331 g/mol. The molecular formula is C15H16F3NO5. The molecule has 0 heterocycles. The largest absolute Gasteiger partial charge is 0.497 e. The van der Waals surface area contributed by atoms with Gasteiger partial charge in [-0.25, -0.2) is 4.79 Å². The van der Waals surface area contributed by atoms with E-state index < -0.39 is 31.2 Å². The molecule has 1 aromatic carbocycles. The summed E-state index contributed by atoms with van der Waals surface area (Å²) < 4.78 is 50.4. The average molecular weight is 347 g/mol. The zero-order valence-electron chi connectivity index (χ0n) is 13.0. The van der Waals surface area contributed by atoms with Crippen molar-refractivity contribution in [1.29, 1.82) is 0 Å². The fourth-order valence-electron chi connectivity index (χ4n) is 1.55. The average Bonchev–Trinajstić information content (AvgIpc) is 2.55. The third-order valence-corrected chi connectivity index (χ3v) is 2.67. The Labute approximate surface area is 136 Å². The van der Waals surface area contributed by atoms with Crippen LogP contribution in [0.4, 0.5) is 13.2 Å². The van der Waals surface area contributed by atoms with Crippen LogP contribution in [0.3, 0.4) is 0 Å². The van der Waals surface area contributed by atoms with Crippen molar-refractivity contribution < 1.29 is 37.0 Å². The number of amides is 1. The molecule has 0 aliphatic rings. The van der Waals surface area contributed by atoms with Gasteiger partial charge in [-0.05, 0) is 18.2 Å². The lowest BCUT2D eigenvalue weighted by Gasteiger charge is -2.08. The van der Waals surface area contributed by atoms with E-state index >= 15 is 0 Å². The van der Waals surface area contributed by atoms with Crippen LogP contribution in [0.25, 0.3) is 6.08 Å². The van der Waals surface area contributed by atoms with Gasteiger partial charge in [0.05, 0.1) is 14.2 Å². The molecule has 9 heteroatoms. The fraction of sp³-hybridized carbons (Fsp3) is 0.333. The van der Waals surface area contributed by atoms with Gasteiger partial charge in [-0.3, -0.25) is 4.79 Å². The van der Waals surface area contributed by atoms with E-state index in [9.17, 15) is 22.8 Å². The van der Waals surface area contributed by atoms with Crippen molar-refractivity contribution in [1.82, 2.24) is 5.32 Å². The van der Waals surface area contributed by atoms with Gasteiger partial charge >= 0.3 is 12.1 Å². The van der Waals surface area contributed by atoms with Gasteiger partial charge in [-0.2, -0.15) is 13.2 Å². The Balaban J connectivity index is 2.53. The number of ether oxygens (including phenoxy) is 3. The first-order valence-electron chi connectivity index (χ1n) is 6.65. The maximum absolute atomic E-state index is 11.9. The SMILES string of the molecule is COc1ccc(/C=C/C(=O)OCC(=O)NCC(F)(F)F)c(OC)c1. The third kappa shape index (κ3) is 7.03. The number of carbonyl (C=O) groups excluding carboxylic acids is 2. The summed E-state index contributed by atoms with van der Waals surface area (Å²) in [7, 11) is 2.93. The van der Waals surface area contributed by atoms with Gasteiger partial charge in [0, 0.05) is 17.7 Å². The van der Waals surface area contributed by atoms with Gasteiger partial charge < -0.3 is 19.5 Å². The number of hydrogen-bond acceptors (Lipinski definition) is 5. The number of nitrogens with one attached hydrogen (secondary N) is 1. The lowest BCUT2D eigenvalue weighted by molar-refractivity contribution is -0.148. The number of benzene rings is 1. The molecule has 0 radical (unpaired) electrons. The van der Waals surface area contributed by atoms with Crippen LogP contribution in [0, 0.1) is 0 Å². The summed E-state index contributed by atoms with van der Waals surface area (Å²) in [4.78, 5) is 22.6. The molecule has 6 nitrogen and oxygen atoms in total.